The fourth-order valence-electron chi connectivity index (χ4n) is 3.99. The maximum atomic E-state index is 12.8. The van der Waals surface area contributed by atoms with Gasteiger partial charge in [-0.25, -0.2) is 0 Å². The molecule has 0 radical (unpaired) electrons. The maximum absolute atomic E-state index is 12.8. The largest absolute Gasteiger partial charge is 0.300 e. The summed E-state index contributed by atoms with van der Waals surface area (Å²) in [6.07, 6.45) is 1.72. The zero-order valence-corrected chi connectivity index (χ0v) is 20.0. The third-order valence-corrected chi connectivity index (χ3v) is 7.14. The van der Waals surface area contributed by atoms with Gasteiger partial charge in [0.15, 0.2) is 5.82 Å². The lowest BCUT2D eigenvalue weighted by atomic mass is 9.98. The Labute approximate surface area is 192 Å². The summed E-state index contributed by atoms with van der Waals surface area (Å²) >= 11 is 1.70. The summed E-state index contributed by atoms with van der Waals surface area (Å²) in [5.41, 5.74) is 4.60. The fraction of sp³-hybridized carbons (Fsp3) is 0.400. The van der Waals surface area contributed by atoms with E-state index >= 15 is 0 Å². The number of ketones is 1. The molecule has 0 aliphatic carbocycles. The van der Waals surface area contributed by atoms with Crippen molar-refractivity contribution in [1.29, 1.82) is 5.26 Å². The van der Waals surface area contributed by atoms with E-state index in [-0.39, 0.29) is 5.78 Å². The minimum absolute atomic E-state index is 0.192. The minimum atomic E-state index is -0.402. The third kappa shape index (κ3) is 4.03. The topological polar surface area (TPSA) is 83.9 Å². The molecule has 2 aromatic heterocycles. The molecule has 164 valence electrons. The number of nitriles is 1. The molecule has 3 aromatic rings. The molecule has 0 fully saturated rings. The molecule has 0 spiro atoms. The van der Waals surface area contributed by atoms with Crippen LogP contribution in [-0.2, 0) is 4.79 Å². The summed E-state index contributed by atoms with van der Waals surface area (Å²) in [4.78, 5) is 19.2. The summed E-state index contributed by atoms with van der Waals surface area (Å²) in [6.45, 7) is 10.4. The number of hydrogen-bond donors (Lipinski definition) is 0. The van der Waals surface area contributed by atoms with Gasteiger partial charge in [0.1, 0.15) is 22.7 Å². The molecule has 0 saturated carbocycles. The number of carbonyl (C=O) groups excluding carboxylic acids is 1. The molecule has 1 aliphatic rings. The molecule has 6 nitrogen and oxygen atoms in total. The van der Waals surface area contributed by atoms with Crippen LogP contribution in [0.25, 0.3) is 5.00 Å². The predicted octanol–water partition coefficient (Wildman–Crippen LogP) is 5.41. The number of carbonyl (C=O) groups is 1. The van der Waals surface area contributed by atoms with Crippen LogP contribution in [0, 0.1) is 38.0 Å². The molecule has 0 amide bonds. The number of aryl methyl sites for hydroxylation is 2. The molecular formula is C25H27N5OS. The lowest BCUT2D eigenvalue weighted by molar-refractivity contribution is -0.119. The number of thiophene rings is 1. The number of hydrogen-bond acceptors (Lipinski definition) is 6. The van der Waals surface area contributed by atoms with Crippen molar-refractivity contribution < 1.29 is 4.79 Å². The smallest absolute Gasteiger partial charge is 0.163 e. The van der Waals surface area contributed by atoms with Gasteiger partial charge in [-0.1, -0.05) is 26.0 Å². The van der Waals surface area contributed by atoms with Gasteiger partial charge in [0, 0.05) is 28.8 Å². The van der Waals surface area contributed by atoms with Crippen LogP contribution in [-0.4, -0.2) is 26.3 Å². The predicted molar refractivity (Wildman–Crippen MR) is 127 cm³/mol. The molecule has 1 aromatic carbocycles. The van der Waals surface area contributed by atoms with E-state index in [9.17, 15) is 10.1 Å². The summed E-state index contributed by atoms with van der Waals surface area (Å²) in [6, 6.07) is 9.26. The highest BCUT2D eigenvalue weighted by molar-refractivity contribution is 7.15. The highest BCUT2D eigenvalue weighted by Crippen LogP contribution is 2.39. The second-order valence-corrected chi connectivity index (χ2v) is 9.97. The van der Waals surface area contributed by atoms with Crippen molar-refractivity contribution in [2.45, 2.75) is 59.9 Å². The first-order valence-electron chi connectivity index (χ1n) is 10.9. The highest BCUT2D eigenvalue weighted by Gasteiger charge is 2.32. The van der Waals surface area contributed by atoms with Gasteiger partial charge in [-0.15, -0.1) is 21.5 Å². The molecule has 0 N–H and O–H groups in total. The van der Waals surface area contributed by atoms with Crippen molar-refractivity contribution in [1.82, 2.24) is 14.8 Å². The number of aromatic nitrogens is 3. The average Bonchev–Trinajstić information content (AvgIpc) is 3.24. The Hall–Kier alpha value is -3.11. The van der Waals surface area contributed by atoms with E-state index in [1.807, 2.05) is 31.2 Å². The van der Waals surface area contributed by atoms with E-state index < -0.39 is 6.04 Å². The van der Waals surface area contributed by atoms with Gasteiger partial charge in [0.25, 0.3) is 0 Å². The monoisotopic (exact) mass is 445 g/mol. The fourth-order valence-corrected chi connectivity index (χ4v) is 5.21. The quantitative estimate of drug-likeness (QED) is 0.507. The summed E-state index contributed by atoms with van der Waals surface area (Å²) < 4.78 is 2.07. The van der Waals surface area contributed by atoms with Crippen LogP contribution in [0.4, 0.5) is 0 Å². The molecule has 4 rings (SSSR count). The van der Waals surface area contributed by atoms with E-state index in [0.29, 0.717) is 30.1 Å². The molecule has 32 heavy (non-hydrogen) atoms. The molecule has 1 aliphatic heterocycles. The summed E-state index contributed by atoms with van der Waals surface area (Å²) in [5, 5.41) is 19.0. The van der Waals surface area contributed by atoms with E-state index in [2.05, 4.69) is 48.5 Å². The number of Topliss-reactive ketones (excluding diaryl/α,β-unsaturated/α-hetero) is 1. The van der Waals surface area contributed by atoms with Gasteiger partial charge in [-0.3, -0.25) is 14.4 Å². The van der Waals surface area contributed by atoms with Gasteiger partial charge in [0.05, 0.1) is 17.3 Å². The van der Waals surface area contributed by atoms with Gasteiger partial charge >= 0.3 is 0 Å². The SMILES string of the molecule is Cc1sc2c(c1C)C(c1ccc(C#N)cc1)=N[C@@H](CC(=O)CCC(C)C)c1nnc(C)n1-2. The van der Waals surface area contributed by atoms with Crippen molar-refractivity contribution in [3.8, 4) is 11.1 Å². The second kappa shape index (κ2) is 8.79. The summed E-state index contributed by atoms with van der Waals surface area (Å²) in [7, 11) is 0. The number of aliphatic imine (C=N–C) groups is 1. The van der Waals surface area contributed by atoms with Crippen LogP contribution in [0.5, 0.6) is 0 Å². The Balaban J connectivity index is 1.87. The van der Waals surface area contributed by atoms with Gasteiger partial charge in [-0.05, 0) is 50.8 Å². The average molecular weight is 446 g/mol. The number of rotatable bonds is 6. The third-order valence-electron chi connectivity index (χ3n) is 5.95. The van der Waals surface area contributed by atoms with Crippen molar-refractivity contribution in [2.24, 2.45) is 10.9 Å². The molecule has 0 unspecified atom stereocenters. The molecule has 7 heteroatoms. The van der Waals surface area contributed by atoms with E-state index in [4.69, 9.17) is 4.99 Å². The summed E-state index contributed by atoms with van der Waals surface area (Å²) in [5.74, 6) is 2.18. The second-order valence-electron chi connectivity index (χ2n) is 8.76. The normalized spacial score (nSPS) is 15.0. The molecule has 1 atom stereocenters. The molecule has 0 saturated heterocycles. The van der Waals surface area contributed by atoms with Gasteiger partial charge < -0.3 is 0 Å². The lowest BCUT2D eigenvalue weighted by Crippen LogP contribution is -2.11. The first kappa shape index (κ1) is 22.1. The first-order chi connectivity index (χ1) is 15.3. The Bertz CT molecular complexity index is 1240. The van der Waals surface area contributed by atoms with Crippen LogP contribution < -0.4 is 0 Å². The van der Waals surface area contributed by atoms with Crippen molar-refractivity contribution in [3.05, 3.63) is 63.0 Å². The van der Waals surface area contributed by atoms with Crippen LogP contribution in [0.1, 0.15) is 77.9 Å². The van der Waals surface area contributed by atoms with Crippen molar-refractivity contribution >= 4 is 22.8 Å². The molecular weight excluding hydrogens is 418 g/mol. The standard InChI is InChI=1S/C25H27N5OS/c1-14(2)6-11-20(31)12-21-24-29-28-17(5)30(24)25-22(15(3)16(4)32-25)23(27-21)19-9-7-18(13-26)8-10-19/h7-10,14,21H,6,11-12H2,1-5H3/t21-/m0/s1. The molecule has 3 heterocycles. The maximum Gasteiger partial charge on any atom is 0.163 e. The van der Waals surface area contributed by atoms with E-state index in [1.165, 1.54) is 10.4 Å². The Kier molecular flexibility index (Phi) is 6.07. The van der Waals surface area contributed by atoms with Gasteiger partial charge in [0.2, 0.25) is 0 Å². The minimum Gasteiger partial charge on any atom is -0.300 e. The molecule has 0 bridgehead atoms. The van der Waals surface area contributed by atoms with Crippen molar-refractivity contribution in [2.75, 3.05) is 0 Å². The van der Waals surface area contributed by atoms with E-state index in [0.717, 1.165) is 34.1 Å². The van der Waals surface area contributed by atoms with Gasteiger partial charge in [-0.2, -0.15) is 5.26 Å². The van der Waals surface area contributed by atoms with E-state index in [1.54, 1.807) is 11.3 Å². The Morgan fingerprint density at radius 3 is 2.56 bits per heavy atom. The van der Waals surface area contributed by atoms with Crippen molar-refractivity contribution in [3.63, 3.8) is 0 Å². The highest BCUT2D eigenvalue weighted by atomic mass is 32.1. The zero-order chi connectivity index (χ0) is 23.0. The first-order valence-corrected chi connectivity index (χ1v) is 11.7. The Morgan fingerprint density at radius 2 is 1.91 bits per heavy atom. The Morgan fingerprint density at radius 1 is 1.19 bits per heavy atom. The lowest BCUT2D eigenvalue weighted by Gasteiger charge is -2.13. The number of nitrogens with zero attached hydrogens (tertiary/aromatic N) is 5. The van der Waals surface area contributed by atoms with Crippen LogP contribution in [0.3, 0.4) is 0 Å². The zero-order valence-electron chi connectivity index (χ0n) is 19.1. The van der Waals surface area contributed by atoms with Crippen LogP contribution in [0.2, 0.25) is 0 Å². The number of fused-ring (bicyclic) bond motifs is 3. The van der Waals surface area contributed by atoms with Crippen LogP contribution in [0.15, 0.2) is 29.3 Å². The number of benzene rings is 1. The van der Waals surface area contributed by atoms with Crippen LogP contribution >= 0.6 is 11.3 Å².